The minimum atomic E-state index is -5.27. The SMILES string of the molecule is C=S(=O)(O)OCCS(=O)(=O)c1ccc(NC(=O)c2ccc(N=Nc3c(S(=O)(=O)O)cc4cc(S(=O)(=O)O)c(N=Nc5ccc(S(=O)(=O)CCOS(=O)(=O)O)cc5)c(N)c4c3O)cc2)cc1. The maximum atomic E-state index is 12.9. The number of hydrogen-bond donors (Lipinski definition) is 7. The monoisotopic (exact) mass is 1020 g/mol. The lowest BCUT2D eigenvalue weighted by Gasteiger charge is -2.14. The third-order valence-electron chi connectivity index (χ3n) is 8.40. The number of aromatic hydroxyl groups is 1. The van der Waals surface area contributed by atoms with Gasteiger partial charge in [0.05, 0.1) is 57.0 Å². The van der Waals surface area contributed by atoms with Crippen LogP contribution in [-0.2, 0) is 68.8 Å². The van der Waals surface area contributed by atoms with E-state index in [1.807, 2.05) is 0 Å². The van der Waals surface area contributed by atoms with Gasteiger partial charge in [-0.25, -0.2) is 25.2 Å². The van der Waals surface area contributed by atoms with E-state index in [0.717, 1.165) is 24.3 Å². The Morgan fingerprint density at radius 3 is 1.51 bits per heavy atom. The second-order valence-electron chi connectivity index (χ2n) is 13.0. The molecule has 0 saturated carbocycles. The summed E-state index contributed by atoms with van der Waals surface area (Å²) in [5, 5.41) is 28.1. The lowest BCUT2D eigenvalue weighted by atomic mass is 10.1. The van der Waals surface area contributed by atoms with Crippen LogP contribution >= 0.6 is 0 Å². The molecule has 0 aliphatic carbocycles. The molecule has 0 aromatic heterocycles. The van der Waals surface area contributed by atoms with Crippen molar-refractivity contribution >= 4 is 117 Å². The van der Waals surface area contributed by atoms with Crippen molar-refractivity contribution < 1.29 is 82.8 Å². The first kappa shape index (κ1) is 50.2. The highest BCUT2D eigenvalue weighted by molar-refractivity contribution is 7.92. The van der Waals surface area contributed by atoms with Gasteiger partial charge in [0.15, 0.2) is 35.5 Å². The quantitative estimate of drug-likeness (QED) is 0.0280. The molecule has 0 saturated heterocycles. The summed E-state index contributed by atoms with van der Waals surface area (Å²) in [5.41, 5.74) is 3.81. The number of benzene rings is 5. The molecule has 25 nitrogen and oxygen atoms in total. The Kier molecular flexibility index (Phi) is 14.6. The molecule has 0 heterocycles. The van der Waals surface area contributed by atoms with Crippen LogP contribution in [0.1, 0.15) is 10.4 Å². The summed E-state index contributed by atoms with van der Waals surface area (Å²) in [5.74, 6) is -0.402. The van der Waals surface area contributed by atoms with E-state index in [4.69, 9.17) is 14.8 Å². The smallest absolute Gasteiger partial charge is 0.397 e. The molecule has 0 fully saturated rings. The summed E-state index contributed by atoms with van der Waals surface area (Å²) in [6, 6.07) is 15.4. The van der Waals surface area contributed by atoms with Gasteiger partial charge in [-0.05, 0) is 90.3 Å². The Bertz CT molecular complexity index is 3440. The average Bonchev–Trinajstić information content (AvgIpc) is 3.18. The van der Waals surface area contributed by atoms with Gasteiger partial charge in [-0.2, -0.15) is 35.5 Å². The fourth-order valence-electron chi connectivity index (χ4n) is 5.43. The number of sulfone groups is 2. The number of phenols is 1. The zero-order chi connectivity index (χ0) is 48.3. The standard InChI is InChI=1S/C34H32N6O19S6/c1-60(43,44)58-14-16-61(45,46)25-10-6-22(7-11-25)36-34(42)20-2-4-23(5-3-20)38-40-32-28(64(52,53)54)19-21-18-27(63(49,50)51)31(30(35)29(21)33(32)41)39-37-24-8-12-26(13-9-24)62(47,48)17-15-59-65(55,56)57/h2-13,18-19,41H,1,14-17,35H2,(H,36,42)(H,43,44)(H,49,50,51)(H,52,53,54)(H,55,56,57). The fraction of sp³-hybridized carbons (Fsp3) is 0.118. The van der Waals surface area contributed by atoms with Gasteiger partial charge in [0.2, 0.25) is 0 Å². The van der Waals surface area contributed by atoms with Crippen LogP contribution in [0.5, 0.6) is 5.75 Å². The molecule has 5 aromatic carbocycles. The number of anilines is 2. The zero-order valence-electron chi connectivity index (χ0n) is 32.4. The third kappa shape index (κ3) is 13.1. The fourth-order valence-corrected chi connectivity index (χ4v) is 9.78. The van der Waals surface area contributed by atoms with Crippen LogP contribution in [0.4, 0.5) is 34.1 Å². The van der Waals surface area contributed by atoms with Crippen molar-refractivity contribution in [2.75, 3.05) is 35.8 Å². The second kappa shape index (κ2) is 18.9. The molecule has 5 rings (SSSR count). The number of carbonyl (C=O) groups is 1. The molecule has 31 heteroatoms. The molecule has 1 amide bonds. The summed E-state index contributed by atoms with van der Waals surface area (Å²) in [4.78, 5) is 10.2. The number of nitrogen functional groups attached to an aromatic ring is 1. The first-order chi connectivity index (χ1) is 29.9. The molecule has 0 bridgehead atoms. The normalized spacial score (nSPS) is 13.9. The number of fused-ring (bicyclic) bond motifs is 1. The zero-order valence-corrected chi connectivity index (χ0v) is 37.3. The van der Waals surface area contributed by atoms with Crippen LogP contribution < -0.4 is 11.1 Å². The summed E-state index contributed by atoms with van der Waals surface area (Å²) >= 11 is 0. The Balaban J connectivity index is 1.42. The number of phenolic OH excluding ortho intramolecular Hbond substituents is 1. The van der Waals surface area contributed by atoms with E-state index in [-0.39, 0.29) is 32.4 Å². The number of azo groups is 2. The minimum absolute atomic E-state index is 0.0414. The Morgan fingerprint density at radius 2 is 1.05 bits per heavy atom. The van der Waals surface area contributed by atoms with Crippen molar-refractivity contribution in [3.8, 4) is 5.75 Å². The van der Waals surface area contributed by atoms with E-state index >= 15 is 0 Å². The molecule has 8 N–H and O–H groups in total. The summed E-state index contributed by atoms with van der Waals surface area (Å²) in [6.45, 7) is -1.51. The van der Waals surface area contributed by atoms with Crippen molar-refractivity contribution in [1.82, 2.24) is 0 Å². The van der Waals surface area contributed by atoms with Gasteiger partial charge < -0.3 is 16.2 Å². The second-order valence-corrected chi connectivity index (χ2v) is 22.5. The number of nitrogens with two attached hydrogens (primary N) is 1. The van der Waals surface area contributed by atoms with Crippen molar-refractivity contribution in [3.63, 3.8) is 0 Å². The molecular weight excluding hydrogens is 989 g/mol. The first-order valence-electron chi connectivity index (χ1n) is 17.3. The minimum Gasteiger partial charge on any atom is -0.505 e. The van der Waals surface area contributed by atoms with E-state index in [0.29, 0.717) is 12.1 Å². The largest absolute Gasteiger partial charge is 0.505 e. The van der Waals surface area contributed by atoms with Crippen LogP contribution in [0.15, 0.2) is 125 Å². The van der Waals surface area contributed by atoms with Crippen molar-refractivity contribution in [1.29, 1.82) is 0 Å². The van der Waals surface area contributed by atoms with Gasteiger partial charge in [-0.15, -0.1) is 10.2 Å². The summed E-state index contributed by atoms with van der Waals surface area (Å²) < 4.78 is 179. The van der Waals surface area contributed by atoms with E-state index in [1.165, 1.54) is 48.5 Å². The first-order valence-corrected chi connectivity index (χ1v) is 26.4. The average molecular weight is 1020 g/mol. The highest BCUT2D eigenvalue weighted by atomic mass is 32.3. The van der Waals surface area contributed by atoms with Gasteiger partial charge >= 0.3 is 10.4 Å². The topological polar surface area (TPSA) is 412 Å². The van der Waals surface area contributed by atoms with Crippen LogP contribution in [0.3, 0.4) is 0 Å². The maximum Gasteiger partial charge on any atom is 0.397 e. The highest BCUT2D eigenvalue weighted by Gasteiger charge is 2.28. The predicted octanol–water partition coefficient (Wildman–Crippen LogP) is 4.19. The van der Waals surface area contributed by atoms with Crippen molar-refractivity contribution in [2.24, 2.45) is 20.5 Å². The molecule has 5 aromatic rings. The number of nitrogens with zero attached hydrogens (tertiary/aromatic N) is 4. The van der Waals surface area contributed by atoms with E-state index in [1.54, 1.807) is 0 Å². The van der Waals surface area contributed by atoms with Crippen LogP contribution in [0, 0.1) is 0 Å². The number of amides is 1. The number of rotatable bonds is 18. The van der Waals surface area contributed by atoms with Crippen molar-refractivity contribution in [2.45, 2.75) is 19.6 Å². The highest BCUT2D eigenvalue weighted by Crippen LogP contribution is 2.48. The number of nitrogens with one attached hydrogen (secondary N) is 1. The van der Waals surface area contributed by atoms with Gasteiger partial charge in [-0.1, -0.05) is 0 Å². The van der Waals surface area contributed by atoms with E-state index in [2.05, 4.69) is 40.0 Å². The van der Waals surface area contributed by atoms with Crippen molar-refractivity contribution in [3.05, 3.63) is 90.5 Å². The summed E-state index contributed by atoms with van der Waals surface area (Å²) in [7, 11) is -27.4. The van der Waals surface area contributed by atoms with Crippen LogP contribution in [-0.4, -0.2) is 106 Å². The third-order valence-corrected chi connectivity index (χ3v) is 14.5. The summed E-state index contributed by atoms with van der Waals surface area (Å²) in [6.07, 6.45) is 0. The molecular formula is C34H32N6O19S6. The van der Waals surface area contributed by atoms with E-state index in [9.17, 15) is 65.3 Å². The molecule has 0 spiro atoms. The predicted molar refractivity (Wildman–Crippen MR) is 231 cm³/mol. The maximum absolute atomic E-state index is 12.9. The molecule has 0 aliphatic heterocycles. The molecule has 1 atom stereocenters. The lowest BCUT2D eigenvalue weighted by Crippen LogP contribution is -2.15. The van der Waals surface area contributed by atoms with Crippen LogP contribution in [0.2, 0.25) is 0 Å². The number of hydrogen-bond acceptors (Lipinski definition) is 20. The van der Waals surface area contributed by atoms with Gasteiger partial charge in [-0.3, -0.25) is 27.2 Å². The number of carbonyl (C=O) groups excluding carboxylic acids is 1. The molecule has 0 radical (unpaired) electrons. The van der Waals surface area contributed by atoms with Crippen LogP contribution in [0.25, 0.3) is 10.8 Å². The lowest BCUT2D eigenvalue weighted by molar-refractivity contribution is 0.102. The Hall–Kier alpha value is -5.84. The Morgan fingerprint density at radius 1 is 0.615 bits per heavy atom. The molecule has 65 heavy (non-hydrogen) atoms. The Labute approximate surface area is 370 Å². The molecule has 1 unspecified atom stereocenters. The van der Waals surface area contributed by atoms with E-state index < -0.39 is 134 Å². The molecule has 0 aliphatic rings. The molecule has 348 valence electrons. The van der Waals surface area contributed by atoms with Gasteiger partial charge in [0.25, 0.3) is 26.1 Å². The van der Waals surface area contributed by atoms with Gasteiger partial charge in [0, 0.05) is 17.1 Å². The van der Waals surface area contributed by atoms with Gasteiger partial charge in [0.1, 0.15) is 21.2 Å².